The second-order valence-corrected chi connectivity index (χ2v) is 7.45. The standard InChI is InChI=1S/C20H26N4O2.ClH/c1-23-12-11-22-18(23)14-24(17-13-20(17)7-9-21-10-8-20)19(25)15-3-5-16(26-2)6-4-15;/h3-6,11-12,17,21H,7-10,13-14H2,1-2H3;1H. The molecule has 2 aliphatic rings. The lowest BCUT2D eigenvalue weighted by Gasteiger charge is -2.29. The van der Waals surface area contributed by atoms with Gasteiger partial charge in [0.25, 0.3) is 5.91 Å². The number of nitrogens with one attached hydrogen (secondary N) is 1. The zero-order valence-corrected chi connectivity index (χ0v) is 16.7. The van der Waals surface area contributed by atoms with Gasteiger partial charge in [-0.3, -0.25) is 4.79 Å². The van der Waals surface area contributed by atoms with Crippen LogP contribution in [0.15, 0.2) is 36.7 Å². The van der Waals surface area contributed by atoms with E-state index >= 15 is 0 Å². The number of imidazole rings is 1. The molecule has 2 fully saturated rings. The second-order valence-electron chi connectivity index (χ2n) is 7.45. The average molecular weight is 391 g/mol. The number of aryl methyl sites for hydroxylation is 1. The quantitative estimate of drug-likeness (QED) is 0.852. The first-order valence-electron chi connectivity index (χ1n) is 9.25. The molecule has 4 rings (SSSR count). The Bertz CT molecular complexity index is 784. The highest BCUT2D eigenvalue weighted by molar-refractivity contribution is 5.94. The van der Waals surface area contributed by atoms with Gasteiger partial charge in [-0.15, -0.1) is 12.4 Å². The van der Waals surface area contributed by atoms with Crippen molar-refractivity contribution in [2.75, 3.05) is 20.2 Å². The molecular weight excluding hydrogens is 364 g/mol. The van der Waals surface area contributed by atoms with Gasteiger partial charge in [0.15, 0.2) is 0 Å². The second kappa shape index (κ2) is 7.90. The van der Waals surface area contributed by atoms with E-state index < -0.39 is 0 Å². The predicted octanol–water partition coefficient (Wildman–Crippen LogP) is 2.64. The summed E-state index contributed by atoms with van der Waals surface area (Å²) in [5, 5.41) is 3.43. The van der Waals surface area contributed by atoms with Gasteiger partial charge in [0.1, 0.15) is 11.6 Å². The zero-order chi connectivity index (χ0) is 18.1. The number of piperidine rings is 1. The molecule has 1 aliphatic heterocycles. The molecule has 27 heavy (non-hydrogen) atoms. The lowest BCUT2D eigenvalue weighted by atomic mass is 9.93. The molecular formula is C20H27ClN4O2. The van der Waals surface area contributed by atoms with Gasteiger partial charge in [-0.2, -0.15) is 0 Å². The molecule has 2 aromatic rings. The Morgan fingerprint density at radius 2 is 2.04 bits per heavy atom. The summed E-state index contributed by atoms with van der Waals surface area (Å²) in [6, 6.07) is 7.70. The number of rotatable bonds is 5. The first-order chi connectivity index (χ1) is 12.6. The molecule has 2 heterocycles. The summed E-state index contributed by atoms with van der Waals surface area (Å²) >= 11 is 0. The summed E-state index contributed by atoms with van der Waals surface area (Å²) in [5.41, 5.74) is 0.995. The number of hydrogen-bond donors (Lipinski definition) is 1. The molecule has 1 amide bonds. The minimum Gasteiger partial charge on any atom is -0.497 e. The van der Waals surface area contributed by atoms with Crippen molar-refractivity contribution < 1.29 is 9.53 Å². The fraction of sp³-hybridized carbons (Fsp3) is 0.500. The molecule has 1 saturated carbocycles. The first kappa shape index (κ1) is 19.7. The van der Waals surface area contributed by atoms with Crippen LogP contribution in [0.3, 0.4) is 0 Å². The van der Waals surface area contributed by atoms with E-state index in [-0.39, 0.29) is 18.3 Å². The largest absolute Gasteiger partial charge is 0.497 e. The van der Waals surface area contributed by atoms with Crippen molar-refractivity contribution in [1.82, 2.24) is 19.8 Å². The summed E-state index contributed by atoms with van der Waals surface area (Å²) in [5.74, 6) is 1.76. The highest BCUT2D eigenvalue weighted by Gasteiger charge is 2.57. The highest BCUT2D eigenvalue weighted by atomic mass is 35.5. The Morgan fingerprint density at radius 3 is 2.63 bits per heavy atom. The number of amides is 1. The van der Waals surface area contributed by atoms with Gasteiger partial charge < -0.3 is 19.5 Å². The lowest BCUT2D eigenvalue weighted by molar-refractivity contribution is 0.0685. The molecule has 7 heteroatoms. The van der Waals surface area contributed by atoms with Crippen LogP contribution < -0.4 is 10.1 Å². The monoisotopic (exact) mass is 390 g/mol. The molecule has 0 bridgehead atoms. The number of methoxy groups -OCH3 is 1. The van der Waals surface area contributed by atoms with Crippen molar-refractivity contribution >= 4 is 18.3 Å². The maximum atomic E-state index is 13.3. The smallest absolute Gasteiger partial charge is 0.254 e. The Hall–Kier alpha value is -2.05. The van der Waals surface area contributed by atoms with Gasteiger partial charge in [0.05, 0.1) is 13.7 Å². The molecule has 1 unspecified atom stereocenters. The molecule has 0 radical (unpaired) electrons. The summed E-state index contributed by atoms with van der Waals surface area (Å²) in [6.07, 6.45) is 7.10. The van der Waals surface area contributed by atoms with Crippen LogP contribution in [0.25, 0.3) is 0 Å². The van der Waals surface area contributed by atoms with Gasteiger partial charge in [-0.1, -0.05) is 0 Å². The van der Waals surface area contributed by atoms with Crippen LogP contribution in [0, 0.1) is 5.41 Å². The van der Waals surface area contributed by atoms with Crippen LogP contribution in [0.4, 0.5) is 0 Å². The van der Waals surface area contributed by atoms with Crippen LogP contribution in [0.5, 0.6) is 5.75 Å². The van der Waals surface area contributed by atoms with E-state index in [0.717, 1.165) is 43.9 Å². The van der Waals surface area contributed by atoms with E-state index in [9.17, 15) is 4.79 Å². The number of benzene rings is 1. The zero-order valence-electron chi connectivity index (χ0n) is 15.9. The van der Waals surface area contributed by atoms with Crippen molar-refractivity contribution in [2.24, 2.45) is 12.5 Å². The van der Waals surface area contributed by atoms with Gasteiger partial charge in [0.2, 0.25) is 0 Å². The summed E-state index contributed by atoms with van der Waals surface area (Å²) in [6.45, 7) is 2.64. The Labute approximate surface area is 166 Å². The molecule has 1 spiro atoms. The van der Waals surface area contributed by atoms with Gasteiger partial charge in [-0.25, -0.2) is 4.98 Å². The molecule has 1 saturated heterocycles. The molecule has 1 N–H and O–H groups in total. The van der Waals surface area contributed by atoms with Crippen molar-refractivity contribution in [2.45, 2.75) is 31.8 Å². The Kier molecular flexibility index (Phi) is 5.77. The third kappa shape index (κ3) is 3.82. The van der Waals surface area contributed by atoms with Crippen LogP contribution in [0.2, 0.25) is 0 Å². The predicted molar refractivity (Wildman–Crippen MR) is 106 cm³/mol. The topological polar surface area (TPSA) is 59.4 Å². The fourth-order valence-corrected chi connectivity index (χ4v) is 4.15. The van der Waals surface area contributed by atoms with Crippen molar-refractivity contribution in [3.8, 4) is 5.75 Å². The highest BCUT2D eigenvalue weighted by Crippen LogP contribution is 2.56. The minimum absolute atomic E-state index is 0. The number of nitrogens with zero attached hydrogens (tertiary/aromatic N) is 3. The van der Waals surface area contributed by atoms with Gasteiger partial charge in [-0.05, 0) is 62.0 Å². The molecule has 1 aliphatic carbocycles. The number of ether oxygens (including phenoxy) is 1. The van der Waals surface area contributed by atoms with E-state index in [0.29, 0.717) is 23.6 Å². The van der Waals surface area contributed by atoms with E-state index in [1.54, 1.807) is 13.3 Å². The van der Waals surface area contributed by atoms with Crippen LogP contribution in [0.1, 0.15) is 35.4 Å². The summed E-state index contributed by atoms with van der Waals surface area (Å²) in [4.78, 5) is 19.8. The van der Waals surface area contributed by atoms with E-state index in [1.807, 2.05) is 47.0 Å². The molecule has 1 aromatic heterocycles. The maximum Gasteiger partial charge on any atom is 0.254 e. The van der Waals surface area contributed by atoms with Crippen molar-refractivity contribution in [3.05, 3.63) is 48.0 Å². The van der Waals surface area contributed by atoms with E-state index in [2.05, 4.69) is 10.3 Å². The maximum absolute atomic E-state index is 13.3. The van der Waals surface area contributed by atoms with Crippen molar-refractivity contribution in [1.29, 1.82) is 0 Å². The first-order valence-corrected chi connectivity index (χ1v) is 9.25. The summed E-state index contributed by atoms with van der Waals surface area (Å²) in [7, 11) is 3.61. The van der Waals surface area contributed by atoms with Crippen molar-refractivity contribution in [3.63, 3.8) is 0 Å². The number of halogens is 1. The van der Waals surface area contributed by atoms with Crippen LogP contribution in [-0.4, -0.2) is 46.6 Å². The van der Waals surface area contributed by atoms with Crippen LogP contribution >= 0.6 is 12.4 Å². The lowest BCUT2D eigenvalue weighted by Crippen LogP contribution is -2.39. The fourth-order valence-electron chi connectivity index (χ4n) is 4.15. The number of carbonyl (C=O) groups is 1. The molecule has 1 atom stereocenters. The minimum atomic E-state index is 0. The molecule has 1 aromatic carbocycles. The van der Waals surface area contributed by atoms with E-state index in [1.165, 1.54) is 0 Å². The van der Waals surface area contributed by atoms with Gasteiger partial charge >= 0.3 is 0 Å². The number of aromatic nitrogens is 2. The van der Waals surface area contributed by atoms with Gasteiger partial charge in [0, 0.05) is 31.0 Å². The Morgan fingerprint density at radius 1 is 1.33 bits per heavy atom. The normalized spacial score (nSPS) is 20.0. The third-order valence-corrected chi connectivity index (χ3v) is 5.95. The average Bonchev–Trinajstić information content (AvgIpc) is 3.19. The molecule has 146 valence electrons. The Balaban J connectivity index is 0.00000210. The number of hydrogen-bond acceptors (Lipinski definition) is 4. The summed E-state index contributed by atoms with van der Waals surface area (Å²) < 4.78 is 7.21. The SMILES string of the molecule is COc1ccc(C(=O)N(Cc2nccn2C)C2CC23CCNCC3)cc1.Cl. The van der Waals surface area contributed by atoms with Crippen LogP contribution in [-0.2, 0) is 13.6 Å². The number of carbonyl (C=O) groups excluding carboxylic acids is 1. The van der Waals surface area contributed by atoms with E-state index in [4.69, 9.17) is 4.74 Å². The third-order valence-electron chi connectivity index (χ3n) is 5.95. The molecule has 6 nitrogen and oxygen atoms in total.